The van der Waals surface area contributed by atoms with Crippen LogP contribution in [0.25, 0.3) is 0 Å². The smallest absolute Gasteiger partial charge is 0.475 e. The molecule has 1 aliphatic heterocycles. The number of likely N-dealkylation sites (tertiary alicyclic amines) is 1. The molecule has 0 bridgehead atoms. The van der Waals surface area contributed by atoms with E-state index in [0.29, 0.717) is 0 Å². The van der Waals surface area contributed by atoms with Crippen LogP contribution >= 0.6 is 0 Å². The monoisotopic (exact) mass is 284 g/mol. The van der Waals surface area contributed by atoms with Crippen molar-refractivity contribution in [2.45, 2.75) is 44.8 Å². The van der Waals surface area contributed by atoms with E-state index in [9.17, 15) is 18.0 Å². The third-order valence-corrected chi connectivity index (χ3v) is 2.67. The molecule has 0 aromatic rings. The molecule has 1 atom stereocenters. The quantitative estimate of drug-likeness (QED) is 0.802. The largest absolute Gasteiger partial charge is 0.490 e. The normalized spacial score (nSPS) is 17.2. The van der Waals surface area contributed by atoms with Gasteiger partial charge in [0.2, 0.25) is 5.91 Å². The van der Waals surface area contributed by atoms with Gasteiger partial charge < -0.3 is 15.7 Å². The number of piperidine rings is 1. The van der Waals surface area contributed by atoms with Crippen LogP contribution in [0, 0.1) is 0 Å². The molecule has 3 N–H and O–H groups in total. The fourth-order valence-corrected chi connectivity index (χ4v) is 1.52. The Morgan fingerprint density at radius 3 is 2.00 bits per heavy atom. The number of nitrogens with zero attached hydrogens (tertiary/aromatic N) is 1. The number of carbonyl (C=O) groups excluding carboxylic acids is 1. The number of hydrogen-bond acceptors (Lipinski definition) is 3. The lowest BCUT2D eigenvalue weighted by Crippen LogP contribution is -2.45. The van der Waals surface area contributed by atoms with E-state index in [4.69, 9.17) is 15.6 Å². The molecule has 1 aliphatic rings. The first-order valence-corrected chi connectivity index (χ1v) is 6.04. The van der Waals surface area contributed by atoms with Crippen LogP contribution in [0.3, 0.4) is 0 Å². The van der Waals surface area contributed by atoms with Crippen LogP contribution < -0.4 is 5.73 Å². The van der Waals surface area contributed by atoms with Crippen molar-refractivity contribution < 1.29 is 27.9 Å². The molecule has 0 aromatic heterocycles. The second-order valence-corrected chi connectivity index (χ2v) is 4.20. The van der Waals surface area contributed by atoms with Gasteiger partial charge in [0.25, 0.3) is 0 Å². The molecule has 0 saturated carbocycles. The first kappa shape index (κ1) is 17.7. The van der Waals surface area contributed by atoms with Crippen LogP contribution in [0.5, 0.6) is 0 Å². The number of carbonyl (C=O) groups is 2. The molecule has 1 fully saturated rings. The van der Waals surface area contributed by atoms with Crippen LogP contribution in [0.4, 0.5) is 13.2 Å². The summed E-state index contributed by atoms with van der Waals surface area (Å²) >= 11 is 0. The van der Waals surface area contributed by atoms with Crippen molar-refractivity contribution in [2.75, 3.05) is 13.1 Å². The van der Waals surface area contributed by atoms with E-state index in [-0.39, 0.29) is 11.9 Å². The minimum Gasteiger partial charge on any atom is -0.475 e. The first-order chi connectivity index (χ1) is 8.70. The maximum atomic E-state index is 11.5. The van der Waals surface area contributed by atoms with E-state index in [1.807, 2.05) is 11.8 Å². The highest BCUT2D eigenvalue weighted by Crippen LogP contribution is 2.13. The highest BCUT2D eigenvalue weighted by atomic mass is 19.4. The number of nitrogens with two attached hydrogens (primary N) is 1. The molecular formula is C11H19F3N2O3. The van der Waals surface area contributed by atoms with Crippen molar-refractivity contribution in [3.05, 3.63) is 0 Å². The van der Waals surface area contributed by atoms with Crippen molar-refractivity contribution in [3.8, 4) is 0 Å². The highest BCUT2D eigenvalue weighted by Gasteiger charge is 2.38. The van der Waals surface area contributed by atoms with Crippen molar-refractivity contribution in [1.82, 2.24) is 4.90 Å². The van der Waals surface area contributed by atoms with Crippen molar-refractivity contribution >= 4 is 11.9 Å². The average Bonchev–Trinajstić information content (AvgIpc) is 2.37. The molecule has 0 radical (unpaired) electrons. The Labute approximate surface area is 109 Å². The van der Waals surface area contributed by atoms with Gasteiger partial charge in [0, 0.05) is 13.1 Å². The fraction of sp³-hybridized carbons (Fsp3) is 0.818. The van der Waals surface area contributed by atoms with E-state index in [0.717, 1.165) is 32.4 Å². The Morgan fingerprint density at radius 1 is 1.26 bits per heavy atom. The number of carboxylic acids is 1. The molecule has 0 spiro atoms. The maximum Gasteiger partial charge on any atom is 0.490 e. The molecule has 8 heteroatoms. The summed E-state index contributed by atoms with van der Waals surface area (Å²) < 4.78 is 31.7. The zero-order chi connectivity index (χ0) is 15.1. The summed E-state index contributed by atoms with van der Waals surface area (Å²) in [5.41, 5.74) is 5.66. The molecule has 1 saturated heterocycles. The number of rotatable bonds is 2. The number of carboxylic acid groups (broad SMARTS) is 1. The zero-order valence-electron chi connectivity index (χ0n) is 10.7. The molecule has 0 unspecified atom stereocenters. The first-order valence-electron chi connectivity index (χ1n) is 6.04. The molecule has 1 heterocycles. The van der Waals surface area contributed by atoms with Gasteiger partial charge in [0.1, 0.15) is 0 Å². The van der Waals surface area contributed by atoms with Gasteiger partial charge in [-0.15, -0.1) is 0 Å². The topological polar surface area (TPSA) is 83.6 Å². The summed E-state index contributed by atoms with van der Waals surface area (Å²) in [6.07, 6.45) is -0.801. The van der Waals surface area contributed by atoms with Gasteiger partial charge in [-0.05, 0) is 25.7 Å². The molecule has 1 rings (SSSR count). The lowest BCUT2D eigenvalue weighted by molar-refractivity contribution is -0.192. The third-order valence-electron chi connectivity index (χ3n) is 2.67. The Morgan fingerprint density at radius 2 is 1.68 bits per heavy atom. The molecular weight excluding hydrogens is 265 g/mol. The van der Waals surface area contributed by atoms with E-state index in [1.54, 1.807) is 0 Å². The van der Waals surface area contributed by atoms with Crippen LogP contribution in [-0.4, -0.2) is 47.2 Å². The third kappa shape index (κ3) is 7.00. The maximum absolute atomic E-state index is 11.5. The molecule has 112 valence electrons. The second-order valence-electron chi connectivity index (χ2n) is 4.20. The summed E-state index contributed by atoms with van der Waals surface area (Å²) in [5.74, 6) is -2.62. The van der Waals surface area contributed by atoms with E-state index in [2.05, 4.69) is 0 Å². The Kier molecular flexibility index (Phi) is 7.43. The van der Waals surface area contributed by atoms with Gasteiger partial charge in [-0.1, -0.05) is 6.92 Å². The van der Waals surface area contributed by atoms with Crippen LogP contribution in [-0.2, 0) is 9.59 Å². The lowest BCUT2D eigenvalue weighted by Gasteiger charge is -2.28. The minimum absolute atomic E-state index is 0.136. The summed E-state index contributed by atoms with van der Waals surface area (Å²) in [4.78, 5) is 22.3. The van der Waals surface area contributed by atoms with Crippen LogP contribution in [0.15, 0.2) is 0 Å². The number of amides is 1. The molecule has 1 amide bonds. The number of hydrogen-bond donors (Lipinski definition) is 2. The van der Waals surface area contributed by atoms with Crippen LogP contribution in [0.1, 0.15) is 32.6 Å². The van der Waals surface area contributed by atoms with Gasteiger partial charge in [0.05, 0.1) is 6.04 Å². The molecule has 0 aromatic carbocycles. The zero-order valence-corrected chi connectivity index (χ0v) is 10.7. The van der Waals surface area contributed by atoms with Gasteiger partial charge in [-0.2, -0.15) is 13.2 Å². The Balaban J connectivity index is 0.000000399. The van der Waals surface area contributed by atoms with Crippen molar-refractivity contribution in [3.63, 3.8) is 0 Å². The predicted octanol–water partition coefficient (Wildman–Crippen LogP) is 1.37. The summed E-state index contributed by atoms with van der Waals surface area (Å²) in [5, 5.41) is 7.12. The summed E-state index contributed by atoms with van der Waals surface area (Å²) in [6.45, 7) is 3.77. The highest BCUT2D eigenvalue weighted by molar-refractivity contribution is 5.81. The Bertz CT molecular complexity index is 302. The number of aliphatic carboxylic acids is 1. The van der Waals surface area contributed by atoms with Crippen molar-refractivity contribution in [1.29, 1.82) is 0 Å². The fourth-order valence-electron chi connectivity index (χ4n) is 1.52. The van der Waals surface area contributed by atoms with E-state index >= 15 is 0 Å². The molecule has 5 nitrogen and oxygen atoms in total. The van der Waals surface area contributed by atoms with Crippen LogP contribution in [0.2, 0.25) is 0 Å². The molecule has 0 aliphatic carbocycles. The Hall–Kier alpha value is -1.31. The SMILES string of the molecule is CC[C@H](N)C(=O)N1CCCCC1.O=C(O)C(F)(F)F. The summed E-state index contributed by atoms with van der Waals surface area (Å²) in [7, 11) is 0. The van der Waals surface area contributed by atoms with Gasteiger partial charge in [-0.3, -0.25) is 4.79 Å². The summed E-state index contributed by atoms with van der Waals surface area (Å²) in [6, 6.07) is -0.275. The number of alkyl halides is 3. The second kappa shape index (κ2) is 7.98. The van der Waals surface area contributed by atoms with Crippen molar-refractivity contribution in [2.24, 2.45) is 5.73 Å². The van der Waals surface area contributed by atoms with E-state index in [1.165, 1.54) is 6.42 Å². The minimum atomic E-state index is -5.08. The van der Waals surface area contributed by atoms with Gasteiger partial charge in [0.15, 0.2) is 0 Å². The van der Waals surface area contributed by atoms with Gasteiger partial charge >= 0.3 is 12.1 Å². The lowest BCUT2D eigenvalue weighted by atomic mass is 10.1. The standard InChI is InChI=1S/C9H18N2O.C2HF3O2/c1-2-8(10)9(12)11-6-4-3-5-7-11;3-2(4,5)1(6)7/h8H,2-7,10H2,1H3;(H,6,7)/t8-;/m0./s1. The average molecular weight is 284 g/mol. The number of halogens is 3. The predicted molar refractivity (Wildman–Crippen MR) is 62.4 cm³/mol. The van der Waals surface area contributed by atoms with E-state index < -0.39 is 12.1 Å². The van der Waals surface area contributed by atoms with Gasteiger partial charge in [-0.25, -0.2) is 4.79 Å². The molecule has 19 heavy (non-hydrogen) atoms.